The summed E-state index contributed by atoms with van der Waals surface area (Å²) in [6.07, 6.45) is 10.0. The van der Waals surface area contributed by atoms with Gasteiger partial charge < -0.3 is 14.9 Å². The third-order valence-electron chi connectivity index (χ3n) is 9.78. The number of aliphatic hydroxyl groups excluding tert-OH is 2. The molecule has 0 aromatic carbocycles. The van der Waals surface area contributed by atoms with Crippen molar-refractivity contribution in [3.63, 3.8) is 0 Å². The van der Waals surface area contributed by atoms with Gasteiger partial charge >= 0.3 is 0 Å². The topological polar surface area (TPSA) is 83.8 Å². The average Bonchev–Trinajstić information content (AvgIpc) is 3.09. The molecule has 3 saturated carbocycles. The van der Waals surface area contributed by atoms with Gasteiger partial charge in [-0.05, 0) is 62.5 Å². The Balaban J connectivity index is 1.53. The highest BCUT2D eigenvalue weighted by atomic mass is 16.5. The summed E-state index contributed by atoms with van der Waals surface area (Å²) in [5.41, 5.74) is -0.682. The van der Waals surface area contributed by atoms with Crippen LogP contribution in [0.3, 0.4) is 0 Å². The molecule has 0 radical (unpaired) electrons. The number of carbonyl (C=O) groups excluding carboxylic acids is 2. The van der Waals surface area contributed by atoms with Crippen LogP contribution in [0.25, 0.3) is 0 Å². The van der Waals surface area contributed by atoms with E-state index in [9.17, 15) is 19.8 Å². The van der Waals surface area contributed by atoms with Crippen LogP contribution < -0.4 is 0 Å². The number of hydrogen-bond acceptors (Lipinski definition) is 5. The first-order valence-corrected chi connectivity index (χ1v) is 12.1. The van der Waals surface area contributed by atoms with Crippen molar-refractivity contribution >= 4 is 11.6 Å². The van der Waals surface area contributed by atoms with Crippen LogP contribution in [-0.4, -0.2) is 46.7 Å². The normalized spacial score (nSPS) is 50.9. The number of fused-ring (bicyclic) bond motifs is 6. The molecule has 1 aliphatic heterocycles. The van der Waals surface area contributed by atoms with Gasteiger partial charge in [-0.2, -0.15) is 0 Å². The Labute approximate surface area is 184 Å². The molecule has 4 aliphatic carbocycles. The van der Waals surface area contributed by atoms with E-state index in [1.54, 1.807) is 12.2 Å². The molecule has 2 N–H and O–H groups in total. The lowest BCUT2D eigenvalue weighted by Crippen LogP contribution is -2.65. The minimum absolute atomic E-state index is 0.00260. The summed E-state index contributed by atoms with van der Waals surface area (Å²) in [4.78, 5) is 26.1. The number of aliphatic hydroxyl groups is 2. The fraction of sp³-hybridized carbons (Fsp3) is 0.769. The second-order valence-corrected chi connectivity index (χ2v) is 11.3. The zero-order chi connectivity index (χ0) is 22.2. The molecule has 9 unspecified atom stereocenters. The molecule has 9 atom stereocenters. The van der Waals surface area contributed by atoms with Crippen LogP contribution in [0.1, 0.15) is 65.7 Å². The van der Waals surface area contributed by atoms with E-state index in [2.05, 4.69) is 13.8 Å². The maximum absolute atomic E-state index is 14.1. The van der Waals surface area contributed by atoms with E-state index in [0.29, 0.717) is 12.8 Å². The van der Waals surface area contributed by atoms with Crippen LogP contribution in [0.15, 0.2) is 23.8 Å². The number of allylic oxidation sites excluding steroid dienone is 4. The van der Waals surface area contributed by atoms with E-state index in [1.807, 2.05) is 13.0 Å². The monoisotopic (exact) mass is 428 g/mol. The maximum atomic E-state index is 14.1. The number of hydrogen-bond donors (Lipinski definition) is 2. The molecule has 1 saturated heterocycles. The van der Waals surface area contributed by atoms with E-state index in [1.165, 1.54) is 0 Å². The zero-order valence-electron chi connectivity index (χ0n) is 19.0. The van der Waals surface area contributed by atoms with E-state index in [-0.39, 0.29) is 53.6 Å². The Morgan fingerprint density at radius 1 is 1.23 bits per heavy atom. The summed E-state index contributed by atoms with van der Waals surface area (Å²) < 4.78 is 6.40. The highest BCUT2D eigenvalue weighted by Crippen LogP contribution is 2.66. The van der Waals surface area contributed by atoms with Crippen molar-refractivity contribution in [1.82, 2.24) is 0 Å². The van der Waals surface area contributed by atoms with Crippen molar-refractivity contribution in [1.29, 1.82) is 0 Å². The van der Waals surface area contributed by atoms with Crippen LogP contribution in [0.5, 0.6) is 0 Å². The van der Waals surface area contributed by atoms with Gasteiger partial charge in [-0.25, -0.2) is 0 Å². The standard InChI is InChI=1S/C26H36O5/c1-4-5-17-12-26(14-27)21(31-17)11-19-18-7-6-15-10-16(28)8-9-24(15,2)22(18)20(29)13-25(19,3)23(26)30/h8-10,17-22,27,29H,4-7,11-14H2,1-3H3. The lowest BCUT2D eigenvalue weighted by Gasteiger charge is -2.62. The lowest BCUT2D eigenvalue weighted by molar-refractivity contribution is -0.187. The molecule has 0 bridgehead atoms. The smallest absolute Gasteiger partial charge is 0.178 e. The minimum atomic E-state index is -0.821. The summed E-state index contributed by atoms with van der Waals surface area (Å²) in [7, 11) is 0. The van der Waals surface area contributed by atoms with Crippen LogP contribution in [0.4, 0.5) is 0 Å². The van der Waals surface area contributed by atoms with E-state index in [4.69, 9.17) is 4.74 Å². The summed E-state index contributed by atoms with van der Waals surface area (Å²) in [5.74, 6) is 0.465. The van der Waals surface area contributed by atoms with Crippen molar-refractivity contribution in [3.8, 4) is 0 Å². The van der Waals surface area contributed by atoms with Crippen molar-refractivity contribution in [3.05, 3.63) is 23.8 Å². The molecule has 170 valence electrons. The molecule has 4 fully saturated rings. The molecule has 5 rings (SSSR count). The molecule has 0 amide bonds. The average molecular weight is 429 g/mol. The Hall–Kier alpha value is -1.30. The summed E-state index contributed by atoms with van der Waals surface area (Å²) >= 11 is 0. The van der Waals surface area contributed by atoms with Crippen molar-refractivity contribution in [2.45, 2.75) is 84.0 Å². The molecule has 0 aromatic rings. The van der Waals surface area contributed by atoms with Crippen molar-refractivity contribution < 1.29 is 24.5 Å². The van der Waals surface area contributed by atoms with Crippen LogP contribution >= 0.6 is 0 Å². The van der Waals surface area contributed by atoms with Crippen LogP contribution in [0, 0.1) is 34.0 Å². The second-order valence-electron chi connectivity index (χ2n) is 11.3. The lowest BCUT2D eigenvalue weighted by atomic mass is 9.42. The zero-order valence-corrected chi connectivity index (χ0v) is 19.0. The Morgan fingerprint density at radius 2 is 2.00 bits per heavy atom. The van der Waals surface area contributed by atoms with E-state index in [0.717, 1.165) is 37.7 Å². The molecule has 0 spiro atoms. The SMILES string of the molecule is CCCC1CC2(CO)C(=O)C3(C)CC(O)C4C(CCC5=CC(=O)C=CC54C)C3CC2O1. The molecule has 5 aliphatic rings. The largest absolute Gasteiger partial charge is 0.395 e. The quantitative estimate of drug-likeness (QED) is 0.720. The summed E-state index contributed by atoms with van der Waals surface area (Å²) in [6.45, 7) is 6.14. The van der Waals surface area contributed by atoms with E-state index < -0.39 is 16.9 Å². The molecular formula is C26H36O5. The number of carbonyl (C=O) groups is 2. The first kappa shape index (κ1) is 21.5. The summed E-state index contributed by atoms with van der Waals surface area (Å²) in [5, 5.41) is 21.9. The molecule has 5 nitrogen and oxygen atoms in total. The fourth-order valence-corrected chi connectivity index (χ4v) is 8.37. The Bertz CT molecular complexity index is 860. The van der Waals surface area contributed by atoms with Crippen LogP contribution in [-0.2, 0) is 14.3 Å². The summed E-state index contributed by atoms with van der Waals surface area (Å²) in [6, 6.07) is 0. The van der Waals surface area contributed by atoms with Gasteiger partial charge in [0.25, 0.3) is 0 Å². The van der Waals surface area contributed by atoms with Gasteiger partial charge in [-0.3, -0.25) is 9.59 Å². The highest BCUT2D eigenvalue weighted by Gasteiger charge is 2.69. The van der Waals surface area contributed by atoms with E-state index >= 15 is 0 Å². The van der Waals surface area contributed by atoms with Crippen molar-refractivity contribution in [2.75, 3.05) is 6.61 Å². The number of rotatable bonds is 3. The first-order chi connectivity index (χ1) is 14.7. The predicted octanol–water partition coefficient (Wildman–Crippen LogP) is 3.38. The number of ether oxygens (including phenoxy) is 1. The third-order valence-corrected chi connectivity index (χ3v) is 9.78. The van der Waals surface area contributed by atoms with Gasteiger partial charge in [0.05, 0.1) is 30.3 Å². The number of ketones is 2. The maximum Gasteiger partial charge on any atom is 0.178 e. The van der Waals surface area contributed by atoms with Gasteiger partial charge in [-0.15, -0.1) is 0 Å². The fourth-order valence-electron chi connectivity index (χ4n) is 8.37. The molecule has 1 heterocycles. The molecule has 0 aromatic heterocycles. The first-order valence-electron chi connectivity index (χ1n) is 12.1. The Morgan fingerprint density at radius 3 is 2.71 bits per heavy atom. The third kappa shape index (κ3) is 2.79. The minimum Gasteiger partial charge on any atom is -0.395 e. The van der Waals surface area contributed by atoms with Gasteiger partial charge in [0.1, 0.15) is 5.78 Å². The number of Topliss-reactive ketones (excluding diaryl/α,β-unsaturated/α-hetero) is 1. The Kier molecular flexibility index (Phi) is 4.93. The predicted molar refractivity (Wildman–Crippen MR) is 116 cm³/mol. The molecule has 5 heteroatoms. The van der Waals surface area contributed by atoms with Crippen molar-refractivity contribution in [2.24, 2.45) is 34.0 Å². The highest BCUT2D eigenvalue weighted by molar-refractivity contribution is 6.01. The van der Waals surface area contributed by atoms with Gasteiger partial charge in [0.15, 0.2) is 5.78 Å². The second kappa shape index (κ2) is 7.10. The molecular weight excluding hydrogens is 392 g/mol. The van der Waals surface area contributed by atoms with Gasteiger partial charge in [0.2, 0.25) is 0 Å². The van der Waals surface area contributed by atoms with Crippen LogP contribution in [0.2, 0.25) is 0 Å². The van der Waals surface area contributed by atoms with Gasteiger partial charge in [0, 0.05) is 16.7 Å². The van der Waals surface area contributed by atoms with Gasteiger partial charge in [-0.1, -0.05) is 38.8 Å². The molecule has 31 heavy (non-hydrogen) atoms.